The van der Waals surface area contributed by atoms with Crippen molar-refractivity contribution in [1.29, 1.82) is 0 Å². The van der Waals surface area contributed by atoms with Gasteiger partial charge in [0.1, 0.15) is 0 Å². The highest BCUT2D eigenvalue weighted by Crippen LogP contribution is 2.22. The molecule has 0 saturated heterocycles. The highest BCUT2D eigenvalue weighted by atomic mass is 16.3. The van der Waals surface area contributed by atoms with Crippen molar-refractivity contribution in [2.24, 2.45) is 0 Å². The molecule has 0 spiro atoms. The van der Waals surface area contributed by atoms with Gasteiger partial charge in [-0.15, -0.1) is 0 Å². The Morgan fingerprint density at radius 3 is 1.96 bits per heavy atom. The van der Waals surface area contributed by atoms with Crippen LogP contribution in [0.4, 0.5) is 0 Å². The van der Waals surface area contributed by atoms with Gasteiger partial charge in [0.2, 0.25) is 0 Å². The summed E-state index contributed by atoms with van der Waals surface area (Å²) in [5, 5.41) is 10.9. The van der Waals surface area contributed by atoms with Crippen LogP contribution in [0.25, 0.3) is 5.70 Å². The first-order valence-corrected chi connectivity index (χ1v) is 7.54. The predicted octanol–water partition coefficient (Wildman–Crippen LogP) is 1.67. The van der Waals surface area contributed by atoms with E-state index in [0.717, 1.165) is 10.6 Å². The number of carbonyl (C=O) groups excluding carboxylic acids is 2. The number of imide groups is 1. The molecular weight excluding hydrogens is 294 g/mol. The van der Waals surface area contributed by atoms with E-state index in [1.165, 1.54) is 4.57 Å². The molecule has 23 heavy (non-hydrogen) atoms. The van der Waals surface area contributed by atoms with Gasteiger partial charge in [-0.1, -0.05) is 20.8 Å². The Labute approximate surface area is 136 Å². The van der Waals surface area contributed by atoms with Crippen LogP contribution in [-0.2, 0) is 15.0 Å². The zero-order valence-electron chi connectivity index (χ0n) is 14.5. The first-order chi connectivity index (χ1) is 10.4. The Balaban J connectivity index is 2.36. The minimum atomic E-state index is -0.743. The molecule has 0 aromatic carbocycles. The largest absolute Gasteiger partial charge is 0.498 e. The van der Waals surface area contributed by atoms with Gasteiger partial charge in [-0.3, -0.25) is 9.59 Å². The first kappa shape index (κ1) is 17.1. The molecule has 1 aromatic rings. The molecule has 6 heteroatoms. The van der Waals surface area contributed by atoms with Crippen LogP contribution in [0.3, 0.4) is 0 Å². The lowest BCUT2D eigenvalue weighted by atomic mass is 9.88. The third kappa shape index (κ3) is 3.42. The summed E-state index contributed by atoms with van der Waals surface area (Å²) in [4.78, 5) is 24.6. The molecule has 2 N–H and O–H groups in total. The number of amides is 2. The van der Waals surface area contributed by atoms with Gasteiger partial charge in [-0.2, -0.15) is 9.58 Å². The zero-order chi connectivity index (χ0) is 17.6. The molecule has 0 radical (unpaired) electrons. The van der Waals surface area contributed by atoms with Crippen molar-refractivity contribution in [1.82, 2.24) is 10.4 Å². The number of nitrogens with zero attached hydrogens (tertiary/aromatic N) is 2. The van der Waals surface area contributed by atoms with Gasteiger partial charge in [0.15, 0.2) is 12.4 Å². The zero-order valence-corrected chi connectivity index (χ0v) is 14.5. The van der Waals surface area contributed by atoms with Crippen molar-refractivity contribution in [3.63, 3.8) is 0 Å². The summed E-state index contributed by atoms with van der Waals surface area (Å²) >= 11 is 0. The highest BCUT2D eigenvalue weighted by molar-refractivity contribution is 6.28. The van der Waals surface area contributed by atoms with Crippen molar-refractivity contribution >= 4 is 17.5 Å². The lowest BCUT2D eigenvalue weighted by molar-refractivity contribution is -0.578. The van der Waals surface area contributed by atoms with Crippen LogP contribution in [0.15, 0.2) is 30.3 Å². The number of aliphatic hydroxyl groups excluding tert-OH is 1. The molecule has 2 amide bonds. The maximum absolute atomic E-state index is 12.5. The number of hydrazine groups is 1. The average Bonchev–Trinajstić information content (AvgIpc) is 2.61. The summed E-state index contributed by atoms with van der Waals surface area (Å²) in [5.74, 6) is -1.87. The number of nitrogens with one attached hydrogen (secondary N) is 1. The average molecular weight is 318 g/mol. The van der Waals surface area contributed by atoms with Crippen molar-refractivity contribution in [2.45, 2.75) is 52.5 Å². The van der Waals surface area contributed by atoms with Gasteiger partial charge in [-0.05, 0) is 31.7 Å². The van der Waals surface area contributed by atoms with Gasteiger partial charge in [0, 0.05) is 17.7 Å². The van der Waals surface area contributed by atoms with E-state index in [0.29, 0.717) is 0 Å². The van der Waals surface area contributed by atoms with E-state index in [1.807, 2.05) is 32.9 Å². The van der Waals surface area contributed by atoms with Gasteiger partial charge < -0.3 is 5.11 Å². The van der Waals surface area contributed by atoms with Gasteiger partial charge >= 0.3 is 17.5 Å². The Hall–Kier alpha value is -2.21. The van der Waals surface area contributed by atoms with Crippen molar-refractivity contribution < 1.29 is 19.3 Å². The number of pyridine rings is 1. The van der Waals surface area contributed by atoms with Crippen molar-refractivity contribution in [3.05, 3.63) is 35.8 Å². The molecule has 0 aliphatic carbocycles. The lowest BCUT2D eigenvalue weighted by Crippen LogP contribution is -2.53. The smallest absolute Gasteiger partial charge is 0.344 e. The molecular formula is C17H24N3O3+. The SMILES string of the molecule is CC(C)(C)NN1C(=O)C(O)=C([n+]2ccc(C(C)(C)C)cc2)C1=O. The van der Waals surface area contributed by atoms with Gasteiger partial charge in [0.05, 0.1) is 0 Å². The molecule has 2 heterocycles. The van der Waals surface area contributed by atoms with E-state index in [1.54, 1.807) is 12.4 Å². The topological polar surface area (TPSA) is 73.5 Å². The van der Waals surface area contributed by atoms with E-state index in [-0.39, 0.29) is 11.1 Å². The summed E-state index contributed by atoms with van der Waals surface area (Å²) < 4.78 is 1.47. The molecule has 0 saturated carbocycles. The minimum Gasteiger partial charge on any atom is -0.498 e. The van der Waals surface area contributed by atoms with Crippen molar-refractivity contribution in [2.75, 3.05) is 0 Å². The second kappa shape index (κ2) is 5.45. The fourth-order valence-corrected chi connectivity index (χ4v) is 2.25. The summed E-state index contributed by atoms with van der Waals surface area (Å²) in [6.45, 7) is 11.7. The number of hydrogen-bond acceptors (Lipinski definition) is 4. The second-order valence-electron chi connectivity index (χ2n) is 7.75. The number of hydrogen-bond donors (Lipinski definition) is 2. The van der Waals surface area contributed by atoms with E-state index < -0.39 is 23.1 Å². The monoisotopic (exact) mass is 318 g/mol. The van der Waals surface area contributed by atoms with Crippen LogP contribution in [0.1, 0.15) is 47.1 Å². The number of rotatable bonds is 2. The van der Waals surface area contributed by atoms with Gasteiger partial charge in [0.25, 0.3) is 5.76 Å². The quantitative estimate of drug-likeness (QED) is 0.642. The third-order valence-electron chi connectivity index (χ3n) is 3.44. The van der Waals surface area contributed by atoms with Gasteiger partial charge in [-0.25, -0.2) is 5.43 Å². The van der Waals surface area contributed by atoms with Crippen LogP contribution in [0, 0.1) is 0 Å². The molecule has 124 valence electrons. The van der Waals surface area contributed by atoms with E-state index >= 15 is 0 Å². The maximum atomic E-state index is 12.5. The normalized spacial score (nSPS) is 16.5. The second-order valence-corrected chi connectivity index (χ2v) is 7.75. The van der Waals surface area contributed by atoms with Crippen LogP contribution in [0.5, 0.6) is 0 Å². The summed E-state index contributed by atoms with van der Waals surface area (Å²) in [5.41, 5.74) is 3.34. The molecule has 6 nitrogen and oxygen atoms in total. The molecule has 2 rings (SSSR count). The van der Waals surface area contributed by atoms with E-state index in [9.17, 15) is 14.7 Å². The van der Waals surface area contributed by atoms with Crippen LogP contribution < -0.4 is 9.99 Å². The van der Waals surface area contributed by atoms with Crippen LogP contribution in [0.2, 0.25) is 0 Å². The Bertz CT molecular complexity index is 677. The molecule has 0 atom stereocenters. The third-order valence-corrected chi connectivity index (χ3v) is 3.44. The lowest BCUT2D eigenvalue weighted by Gasteiger charge is -2.26. The molecule has 0 fully saturated rings. The maximum Gasteiger partial charge on any atom is 0.344 e. The predicted molar refractivity (Wildman–Crippen MR) is 85.9 cm³/mol. The Morgan fingerprint density at radius 1 is 1.00 bits per heavy atom. The van der Waals surface area contributed by atoms with Crippen molar-refractivity contribution in [3.8, 4) is 0 Å². The highest BCUT2D eigenvalue weighted by Gasteiger charge is 2.46. The summed E-state index contributed by atoms with van der Waals surface area (Å²) in [7, 11) is 0. The summed E-state index contributed by atoms with van der Waals surface area (Å²) in [6.07, 6.45) is 3.36. The fourth-order valence-electron chi connectivity index (χ4n) is 2.25. The molecule has 1 aliphatic rings. The fraction of sp³-hybridized carbons (Fsp3) is 0.471. The van der Waals surface area contributed by atoms with Crippen LogP contribution in [-0.4, -0.2) is 27.5 Å². The molecule has 0 unspecified atom stereocenters. The summed E-state index contributed by atoms with van der Waals surface area (Å²) in [6, 6.07) is 3.75. The number of carbonyl (C=O) groups is 2. The van der Waals surface area contributed by atoms with E-state index in [2.05, 4.69) is 26.2 Å². The number of aromatic nitrogens is 1. The first-order valence-electron chi connectivity index (χ1n) is 7.54. The Morgan fingerprint density at radius 2 is 1.52 bits per heavy atom. The minimum absolute atomic E-state index is 0.0230. The number of aliphatic hydroxyl groups is 1. The molecule has 0 bridgehead atoms. The van der Waals surface area contributed by atoms with Crippen LogP contribution >= 0.6 is 0 Å². The molecule has 1 aromatic heterocycles. The van der Waals surface area contributed by atoms with E-state index in [4.69, 9.17) is 0 Å². The molecule has 1 aliphatic heterocycles. The Kier molecular flexibility index (Phi) is 4.07. The standard InChI is InChI=1S/C17H23N3O3/c1-16(2,3)11-7-9-19(10-8-11)12-13(21)15(23)20(14(12)22)18-17(4,5)6/h7-10,18H,1-6H3/p+1.